The van der Waals surface area contributed by atoms with Crippen molar-refractivity contribution >= 4 is 34.9 Å². The quantitative estimate of drug-likeness (QED) is 0.189. The Morgan fingerprint density at radius 3 is 1.04 bits per heavy atom. The normalized spacial score (nSPS) is 11.7. The molecule has 0 atom stereocenters. The van der Waals surface area contributed by atoms with Crippen LogP contribution in [0.3, 0.4) is 0 Å². The molecular formula is C14BF9. The topological polar surface area (TPSA) is 0 Å². The number of halogens is 9. The maximum Gasteiger partial charge on any atom is 0.198 e. The molecule has 0 amide bonds. The van der Waals surface area contributed by atoms with Crippen LogP contribution < -0.4 is 5.46 Å². The molecular weight excluding hydrogens is 350 g/mol. The Bertz CT molecular complexity index is 974. The summed E-state index contributed by atoms with van der Waals surface area (Å²) in [5, 5.41) is -6.35. The van der Waals surface area contributed by atoms with E-state index < -0.39 is 79.4 Å². The standard InChI is InChI=1S/C14BF9/c15-5-3-1(7(17)11(21)13(23)9(3)19)2-4(6(5)16)10(20)14(24)12(22)8(2)18. The summed E-state index contributed by atoms with van der Waals surface area (Å²) < 4.78 is 123. The molecule has 0 saturated heterocycles. The van der Waals surface area contributed by atoms with Crippen LogP contribution in [-0.4, -0.2) is 7.85 Å². The first kappa shape index (κ1) is 16.5. The van der Waals surface area contributed by atoms with Gasteiger partial charge in [-0.25, -0.2) is 39.5 Å². The van der Waals surface area contributed by atoms with E-state index in [0.717, 1.165) is 0 Å². The fourth-order valence-corrected chi connectivity index (χ4v) is 2.44. The van der Waals surface area contributed by atoms with Crippen LogP contribution in [0.5, 0.6) is 0 Å². The first-order valence-corrected chi connectivity index (χ1v) is 5.99. The van der Waals surface area contributed by atoms with Crippen molar-refractivity contribution in [3.63, 3.8) is 0 Å². The molecule has 2 radical (unpaired) electrons. The molecule has 0 fully saturated rings. The molecule has 0 aromatic heterocycles. The van der Waals surface area contributed by atoms with Crippen molar-refractivity contribution in [2.75, 3.05) is 0 Å². The van der Waals surface area contributed by atoms with E-state index in [2.05, 4.69) is 0 Å². The third-order valence-electron chi connectivity index (χ3n) is 3.51. The number of hydrogen-bond donors (Lipinski definition) is 0. The van der Waals surface area contributed by atoms with E-state index in [4.69, 9.17) is 7.85 Å². The molecule has 122 valence electrons. The van der Waals surface area contributed by atoms with Crippen molar-refractivity contribution in [2.24, 2.45) is 0 Å². The highest BCUT2D eigenvalue weighted by Gasteiger charge is 2.31. The Morgan fingerprint density at radius 2 is 0.625 bits per heavy atom. The lowest BCUT2D eigenvalue weighted by Gasteiger charge is -2.14. The molecule has 0 saturated carbocycles. The van der Waals surface area contributed by atoms with E-state index in [1.54, 1.807) is 0 Å². The lowest BCUT2D eigenvalue weighted by molar-refractivity contribution is 0.413. The molecule has 3 aromatic carbocycles. The van der Waals surface area contributed by atoms with Gasteiger partial charge in [0.25, 0.3) is 0 Å². The summed E-state index contributed by atoms with van der Waals surface area (Å²) in [4.78, 5) is 0. The summed E-state index contributed by atoms with van der Waals surface area (Å²) in [6.07, 6.45) is 0. The Morgan fingerprint density at radius 1 is 0.333 bits per heavy atom. The minimum Gasteiger partial charge on any atom is -0.207 e. The summed E-state index contributed by atoms with van der Waals surface area (Å²) in [7, 11) is 5.10. The SMILES string of the molecule is [B]c1c(F)c2c(F)c(F)c(F)c(F)c2c2c(F)c(F)c(F)c(F)c12. The zero-order valence-corrected chi connectivity index (χ0v) is 11.0. The van der Waals surface area contributed by atoms with Gasteiger partial charge in [-0.3, -0.25) is 0 Å². The van der Waals surface area contributed by atoms with Gasteiger partial charge >= 0.3 is 0 Å². The van der Waals surface area contributed by atoms with E-state index in [0.29, 0.717) is 0 Å². The zero-order chi connectivity index (χ0) is 18.1. The molecule has 3 aromatic rings. The molecule has 0 unspecified atom stereocenters. The second-order valence-corrected chi connectivity index (χ2v) is 4.74. The predicted octanol–water partition coefficient (Wildman–Crippen LogP) is 4.04. The van der Waals surface area contributed by atoms with Crippen LogP contribution in [-0.2, 0) is 0 Å². The van der Waals surface area contributed by atoms with Crippen molar-refractivity contribution < 1.29 is 39.5 Å². The van der Waals surface area contributed by atoms with Crippen LogP contribution in [0.15, 0.2) is 0 Å². The number of hydrogen-bond acceptors (Lipinski definition) is 0. The number of benzene rings is 3. The van der Waals surface area contributed by atoms with Gasteiger partial charge in [-0.1, -0.05) is 5.46 Å². The van der Waals surface area contributed by atoms with Crippen LogP contribution in [0.25, 0.3) is 21.5 Å². The second kappa shape index (κ2) is 5.05. The Balaban J connectivity index is 2.87. The molecule has 0 aliphatic carbocycles. The summed E-state index contributed by atoms with van der Waals surface area (Å²) in [5.41, 5.74) is -1.43. The van der Waals surface area contributed by atoms with Crippen LogP contribution in [0.2, 0.25) is 0 Å². The Kier molecular flexibility index (Phi) is 3.47. The molecule has 0 nitrogen and oxygen atoms in total. The van der Waals surface area contributed by atoms with Gasteiger partial charge in [0.2, 0.25) is 0 Å². The van der Waals surface area contributed by atoms with Crippen molar-refractivity contribution in [1.82, 2.24) is 0 Å². The Labute approximate surface area is 127 Å². The smallest absolute Gasteiger partial charge is 0.198 e. The van der Waals surface area contributed by atoms with Crippen molar-refractivity contribution in [1.29, 1.82) is 0 Å². The van der Waals surface area contributed by atoms with Crippen LogP contribution in [0, 0.1) is 52.4 Å². The zero-order valence-electron chi connectivity index (χ0n) is 11.0. The van der Waals surface area contributed by atoms with Crippen LogP contribution in [0.1, 0.15) is 0 Å². The minimum atomic E-state index is -2.48. The highest BCUT2D eigenvalue weighted by Crippen LogP contribution is 2.37. The highest BCUT2D eigenvalue weighted by molar-refractivity contribution is 6.41. The average molecular weight is 350 g/mol. The van der Waals surface area contributed by atoms with E-state index in [-0.39, 0.29) is 0 Å². The Hall–Kier alpha value is -2.39. The molecule has 0 bridgehead atoms. The van der Waals surface area contributed by atoms with E-state index in [9.17, 15) is 39.5 Å². The van der Waals surface area contributed by atoms with Gasteiger partial charge in [0, 0.05) is 16.2 Å². The van der Waals surface area contributed by atoms with Gasteiger partial charge in [-0.2, -0.15) is 0 Å². The monoisotopic (exact) mass is 350 g/mol. The lowest BCUT2D eigenvalue weighted by Crippen LogP contribution is -2.17. The fraction of sp³-hybridized carbons (Fsp3) is 0. The molecule has 3 rings (SSSR count). The van der Waals surface area contributed by atoms with Crippen molar-refractivity contribution in [2.45, 2.75) is 0 Å². The van der Waals surface area contributed by atoms with Crippen molar-refractivity contribution in [3.05, 3.63) is 52.4 Å². The molecule has 0 aliphatic rings. The first-order valence-electron chi connectivity index (χ1n) is 5.99. The summed E-state index contributed by atoms with van der Waals surface area (Å²) in [6, 6.07) is 0. The third kappa shape index (κ3) is 1.79. The van der Waals surface area contributed by atoms with Crippen LogP contribution >= 0.6 is 0 Å². The van der Waals surface area contributed by atoms with E-state index in [1.807, 2.05) is 0 Å². The van der Waals surface area contributed by atoms with Gasteiger partial charge in [0.1, 0.15) is 13.7 Å². The summed E-state index contributed by atoms with van der Waals surface area (Å²) in [6.45, 7) is 0. The number of fused-ring (bicyclic) bond motifs is 3. The van der Waals surface area contributed by atoms with E-state index in [1.165, 1.54) is 0 Å². The highest BCUT2D eigenvalue weighted by atomic mass is 19.2. The number of rotatable bonds is 0. The van der Waals surface area contributed by atoms with E-state index >= 15 is 0 Å². The molecule has 0 N–H and O–H groups in total. The predicted molar refractivity (Wildman–Crippen MR) is 66.5 cm³/mol. The maximum atomic E-state index is 14.1. The van der Waals surface area contributed by atoms with Gasteiger partial charge in [-0.15, -0.1) is 0 Å². The molecule has 10 heteroatoms. The summed E-state index contributed by atoms with van der Waals surface area (Å²) in [5.74, 6) is -20.8. The van der Waals surface area contributed by atoms with Gasteiger partial charge in [-0.05, 0) is 0 Å². The van der Waals surface area contributed by atoms with Gasteiger partial charge in [0.05, 0.1) is 5.39 Å². The largest absolute Gasteiger partial charge is 0.207 e. The van der Waals surface area contributed by atoms with Gasteiger partial charge in [0.15, 0.2) is 46.5 Å². The average Bonchev–Trinajstić information content (AvgIpc) is 2.56. The lowest BCUT2D eigenvalue weighted by atomic mass is 9.85. The summed E-state index contributed by atoms with van der Waals surface area (Å²) >= 11 is 0. The fourth-order valence-electron chi connectivity index (χ4n) is 2.44. The maximum absolute atomic E-state index is 14.1. The first-order chi connectivity index (χ1) is 11.1. The third-order valence-corrected chi connectivity index (χ3v) is 3.51. The van der Waals surface area contributed by atoms with Crippen molar-refractivity contribution in [3.8, 4) is 0 Å². The molecule has 24 heavy (non-hydrogen) atoms. The molecule has 0 heterocycles. The molecule has 0 aliphatic heterocycles. The molecule has 0 spiro atoms. The van der Waals surface area contributed by atoms with Crippen LogP contribution in [0.4, 0.5) is 39.5 Å². The minimum absolute atomic E-state index is 1.43. The van der Waals surface area contributed by atoms with Gasteiger partial charge < -0.3 is 0 Å². The second-order valence-electron chi connectivity index (χ2n) is 4.74.